The van der Waals surface area contributed by atoms with Gasteiger partial charge in [0.15, 0.2) is 6.61 Å². The van der Waals surface area contributed by atoms with Crippen molar-refractivity contribution in [2.24, 2.45) is 0 Å². The third-order valence-electron chi connectivity index (χ3n) is 3.62. The highest BCUT2D eigenvalue weighted by Crippen LogP contribution is 2.28. The number of hydrogen-bond donors (Lipinski definition) is 0. The molecule has 3 aromatic rings. The number of hydrogen-bond acceptors (Lipinski definition) is 6. The van der Waals surface area contributed by atoms with Gasteiger partial charge in [0, 0.05) is 11.0 Å². The maximum absolute atomic E-state index is 12.6. The van der Waals surface area contributed by atoms with Crippen LogP contribution in [0.1, 0.15) is 19.2 Å². The van der Waals surface area contributed by atoms with Crippen LogP contribution in [0, 0.1) is 0 Å². The van der Waals surface area contributed by atoms with Crippen molar-refractivity contribution in [3.8, 4) is 16.5 Å². The Morgan fingerprint density at radius 3 is 2.93 bits per heavy atom. The first kappa shape index (κ1) is 19.9. The molecule has 0 spiro atoms. The molecule has 0 atom stereocenters. The van der Waals surface area contributed by atoms with E-state index in [4.69, 9.17) is 20.8 Å². The van der Waals surface area contributed by atoms with Crippen molar-refractivity contribution in [1.82, 2.24) is 15.1 Å². The van der Waals surface area contributed by atoms with Crippen LogP contribution in [0.2, 0.25) is 5.02 Å². The second kappa shape index (κ2) is 9.34. The van der Waals surface area contributed by atoms with Crippen molar-refractivity contribution in [2.45, 2.75) is 19.9 Å². The standard InChI is InChI=1S/C18H17BrClN3O3S/c1-2-7-23(10-16-21-22-18(26-16)15-4-3-8-27-15)17(24)11-25-14-6-5-12(19)9-13(14)20/h3-6,8-9H,2,7,10-11H2,1H3. The third-order valence-corrected chi connectivity index (χ3v) is 5.26. The van der Waals surface area contributed by atoms with Gasteiger partial charge in [-0.05, 0) is 36.1 Å². The van der Waals surface area contributed by atoms with E-state index in [9.17, 15) is 4.79 Å². The lowest BCUT2D eigenvalue weighted by molar-refractivity contribution is -0.134. The fourth-order valence-electron chi connectivity index (χ4n) is 2.37. The molecule has 2 aromatic heterocycles. The van der Waals surface area contributed by atoms with Crippen LogP contribution in [0.4, 0.5) is 0 Å². The molecule has 3 rings (SSSR count). The van der Waals surface area contributed by atoms with E-state index in [1.807, 2.05) is 24.4 Å². The number of nitrogens with zero attached hydrogens (tertiary/aromatic N) is 3. The van der Waals surface area contributed by atoms with Crippen molar-refractivity contribution >= 4 is 44.8 Å². The second-order valence-electron chi connectivity index (χ2n) is 5.66. The molecular formula is C18H17BrClN3O3S. The summed E-state index contributed by atoms with van der Waals surface area (Å²) in [5.74, 6) is 1.14. The van der Waals surface area contributed by atoms with Crippen LogP contribution in [0.25, 0.3) is 10.8 Å². The number of carbonyl (C=O) groups is 1. The molecule has 0 aliphatic carbocycles. The number of halogens is 2. The summed E-state index contributed by atoms with van der Waals surface area (Å²) in [4.78, 5) is 15.1. The Morgan fingerprint density at radius 1 is 1.37 bits per heavy atom. The molecule has 0 saturated carbocycles. The van der Waals surface area contributed by atoms with Gasteiger partial charge in [0.1, 0.15) is 5.75 Å². The van der Waals surface area contributed by atoms with Gasteiger partial charge in [-0.3, -0.25) is 4.79 Å². The van der Waals surface area contributed by atoms with E-state index in [0.29, 0.717) is 29.1 Å². The summed E-state index contributed by atoms with van der Waals surface area (Å²) in [5, 5.41) is 10.5. The number of ether oxygens (including phenoxy) is 1. The summed E-state index contributed by atoms with van der Waals surface area (Å²) in [6.45, 7) is 2.68. The van der Waals surface area contributed by atoms with Crippen LogP contribution in [-0.4, -0.2) is 34.2 Å². The van der Waals surface area contributed by atoms with Crippen LogP contribution in [-0.2, 0) is 11.3 Å². The lowest BCUT2D eigenvalue weighted by Crippen LogP contribution is -2.35. The van der Waals surface area contributed by atoms with Crippen molar-refractivity contribution in [2.75, 3.05) is 13.2 Å². The number of amides is 1. The minimum atomic E-state index is -0.174. The predicted octanol–water partition coefficient (Wildman–Crippen LogP) is 5.03. The summed E-state index contributed by atoms with van der Waals surface area (Å²) >= 11 is 11.0. The average Bonchev–Trinajstić information content (AvgIpc) is 3.32. The molecule has 0 saturated heterocycles. The van der Waals surface area contributed by atoms with E-state index < -0.39 is 0 Å². The summed E-state index contributed by atoms with van der Waals surface area (Å²) in [5.41, 5.74) is 0. The van der Waals surface area contributed by atoms with Crippen LogP contribution < -0.4 is 4.74 Å². The summed E-state index contributed by atoms with van der Waals surface area (Å²) in [6, 6.07) is 9.07. The normalized spacial score (nSPS) is 10.8. The summed E-state index contributed by atoms with van der Waals surface area (Å²) in [6.07, 6.45) is 0.802. The van der Waals surface area contributed by atoms with Gasteiger partial charge in [0.2, 0.25) is 5.89 Å². The molecule has 1 amide bonds. The van der Waals surface area contributed by atoms with Gasteiger partial charge >= 0.3 is 0 Å². The number of benzene rings is 1. The van der Waals surface area contributed by atoms with E-state index >= 15 is 0 Å². The number of rotatable bonds is 8. The Labute approximate surface area is 174 Å². The van der Waals surface area contributed by atoms with Gasteiger partial charge in [-0.15, -0.1) is 21.5 Å². The minimum absolute atomic E-state index is 0.118. The highest BCUT2D eigenvalue weighted by atomic mass is 79.9. The van der Waals surface area contributed by atoms with Crippen LogP contribution in [0.3, 0.4) is 0 Å². The van der Waals surface area contributed by atoms with Gasteiger partial charge in [-0.2, -0.15) is 0 Å². The Balaban J connectivity index is 1.63. The molecular weight excluding hydrogens is 454 g/mol. The van der Waals surface area contributed by atoms with Crippen molar-refractivity contribution in [3.63, 3.8) is 0 Å². The molecule has 142 valence electrons. The lowest BCUT2D eigenvalue weighted by atomic mass is 10.3. The topological polar surface area (TPSA) is 68.5 Å². The van der Waals surface area contributed by atoms with E-state index in [2.05, 4.69) is 26.1 Å². The van der Waals surface area contributed by atoms with E-state index in [1.165, 1.54) is 11.3 Å². The Hall–Kier alpha value is -1.90. The van der Waals surface area contributed by atoms with Gasteiger partial charge < -0.3 is 14.1 Å². The fourth-order valence-corrected chi connectivity index (χ4v) is 3.74. The molecule has 0 aliphatic heterocycles. The quantitative estimate of drug-likeness (QED) is 0.462. The largest absolute Gasteiger partial charge is 0.482 e. The van der Waals surface area contributed by atoms with Gasteiger partial charge in [0.05, 0.1) is 16.4 Å². The number of thiophene rings is 1. The molecule has 0 fully saturated rings. The second-order valence-corrected chi connectivity index (χ2v) is 7.93. The maximum Gasteiger partial charge on any atom is 0.260 e. The fraction of sp³-hybridized carbons (Fsp3) is 0.278. The number of carbonyl (C=O) groups excluding carboxylic acids is 1. The lowest BCUT2D eigenvalue weighted by Gasteiger charge is -2.20. The van der Waals surface area contributed by atoms with Crippen molar-refractivity contribution in [3.05, 3.63) is 51.1 Å². The van der Waals surface area contributed by atoms with Gasteiger partial charge in [-0.25, -0.2) is 0 Å². The first-order chi connectivity index (χ1) is 13.1. The molecule has 0 unspecified atom stereocenters. The monoisotopic (exact) mass is 469 g/mol. The van der Waals surface area contributed by atoms with Crippen LogP contribution >= 0.6 is 38.9 Å². The van der Waals surface area contributed by atoms with E-state index in [1.54, 1.807) is 23.1 Å². The van der Waals surface area contributed by atoms with Crippen molar-refractivity contribution < 1.29 is 13.9 Å². The molecule has 6 nitrogen and oxygen atoms in total. The minimum Gasteiger partial charge on any atom is -0.482 e. The summed E-state index contributed by atoms with van der Waals surface area (Å²) in [7, 11) is 0. The highest BCUT2D eigenvalue weighted by Gasteiger charge is 2.18. The van der Waals surface area contributed by atoms with Crippen molar-refractivity contribution in [1.29, 1.82) is 0 Å². The van der Waals surface area contributed by atoms with Crippen LogP contribution in [0.5, 0.6) is 5.75 Å². The van der Waals surface area contributed by atoms with E-state index in [-0.39, 0.29) is 19.1 Å². The Morgan fingerprint density at radius 2 is 2.22 bits per heavy atom. The van der Waals surface area contributed by atoms with Gasteiger partial charge in [0.25, 0.3) is 11.8 Å². The molecule has 1 aromatic carbocycles. The SMILES string of the molecule is CCCN(Cc1nnc(-c2cccs2)o1)C(=O)COc1ccc(Br)cc1Cl. The molecule has 0 N–H and O–H groups in total. The zero-order valence-corrected chi connectivity index (χ0v) is 17.7. The number of aromatic nitrogens is 2. The molecule has 2 heterocycles. The molecule has 27 heavy (non-hydrogen) atoms. The van der Waals surface area contributed by atoms with Crippen LogP contribution in [0.15, 0.2) is 44.6 Å². The zero-order chi connectivity index (χ0) is 19.2. The summed E-state index contributed by atoms with van der Waals surface area (Å²) < 4.78 is 12.1. The Kier molecular flexibility index (Phi) is 6.87. The third kappa shape index (κ3) is 5.31. The Bertz CT molecular complexity index is 901. The molecule has 0 radical (unpaired) electrons. The maximum atomic E-state index is 12.6. The smallest absolute Gasteiger partial charge is 0.260 e. The first-order valence-electron chi connectivity index (χ1n) is 8.28. The molecule has 0 bridgehead atoms. The zero-order valence-electron chi connectivity index (χ0n) is 14.5. The van der Waals surface area contributed by atoms with E-state index in [0.717, 1.165) is 15.8 Å². The molecule has 0 aliphatic rings. The highest BCUT2D eigenvalue weighted by molar-refractivity contribution is 9.10. The first-order valence-corrected chi connectivity index (χ1v) is 10.3. The van der Waals surface area contributed by atoms with Gasteiger partial charge in [-0.1, -0.05) is 40.5 Å². The molecule has 9 heteroatoms. The average molecular weight is 471 g/mol. The predicted molar refractivity (Wildman–Crippen MR) is 108 cm³/mol.